The van der Waals surface area contributed by atoms with Crippen molar-refractivity contribution in [3.8, 4) is 11.3 Å². The molecule has 3 atom stereocenters. The highest BCUT2D eigenvalue weighted by Gasteiger charge is 2.54. The molecule has 2 saturated carbocycles. The van der Waals surface area contributed by atoms with Crippen LogP contribution in [0.25, 0.3) is 17.3 Å². The molecule has 1 amide bonds. The van der Waals surface area contributed by atoms with Crippen LogP contribution in [0.3, 0.4) is 0 Å². The first-order valence-corrected chi connectivity index (χ1v) is 14.2. The molecule has 3 unspecified atom stereocenters. The quantitative estimate of drug-likeness (QED) is 0.368. The van der Waals surface area contributed by atoms with Crippen LogP contribution in [-0.2, 0) is 11.1 Å². The molecule has 1 aliphatic heterocycles. The predicted molar refractivity (Wildman–Crippen MR) is 143 cm³/mol. The molecule has 0 spiro atoms. The van der Waals surface area contributed by atoms with Crippen molar-refractivity contribution in [2.75, 3.05) is 23.9 Å². The Morgan fingerprint density at radius 1 is 1.14 bits per heavy atom. The molecule has 192 valence electrons. The highest BCUT2D eigenvalue weighted by molar-refractivity contribution is 7.79. The number of amides is 1. The molecule has 1 N–H and O–H groups in total. The summed E-state index contributed by atoms with van der Waals surface area (Å²) in [4.78, 5) is 14.4. The van der Waals surface area contributed by atoms with Gasteiger partial charge in [-0.1, -0.05) is 46.6 Å². The smallest absolute Gasteiger partial charge is 0.251 e. The van der Waals surface area contributed by atoms with Gasteiger partial charge < -0.3 is 19.3 Å². The third-order valence-corrected chi connectivity index (χ3v) is 8.50. The average molecular weight is 557 g/mol. The third kappa shape index (κ3) is 4.95. The number of hydrogen-bond donors (Lipinski definition) is 1. The van der Waals surface area contributed by atoms with E-state index < -0.39 is 22.9 Å². The van der Waals surface area contributed by atoms with E-state index in [0.717, 1.165) is 42.9 Å². The van der Waals surface area contributed by atoms with Crippen LogP contribution in [0, 0.1) is 17.8 Å². The maximum absolute atomic E-state index is 12.0. The lowest BCUT2D eigenvalue weighted by Crippen LogP contribution is -2.27. The largest absolute Gasteiger partial charge is 0.771 e. The van der Waals surface area contributed by atoms with Crippen molar-refractivity contribution in [2.24, 2.45) is 17.8 Å². The lowest BCUT2D eigenvalue weighted by atomic mass is 10.0. The zero-order valence-corrected chi connectivity index (χ0v) is 22.1. The topological polar surface area (TPSA) is 98.5 Å². The van der Waals surface area contributed by atoms with Gasteiger partial charge in [0.2, 0.25) is 0 Å². The standard InChI is InChI=1S/C27H25Cl2N3O4S/c28-22-2-1-3-23(29)24(22)25-19(26(36-31-25)15-4-5-15)11-10-18-20-12-32(13-21(18)20)17-8-6-16(7-9-17)27(33)30-14-37(34)35/h1-3,6-11,15,18,20-21H,4-5,12-14H2,(H,30,33)(H,34,35)/p-1/b11-10+. The Balaban J connectivity index is 1.13. The molecule has 6 rings (SSSR count). The molecule has 3 aromatic rings. The third-order valence-electron chi connectivity index (χ3n) is 7.49. The second-order valence-electron chi connectivity index (χ2n) is 9.85. The van der Waals surface area contributed by atoms with Crippen molar-refractivity contribution in [2.45, 2.75) is 18.8 Å². The van der Waals surface area contributed by atoms with Crippen molar-refractivity contribution in [3.63, 3.8) is 0 Å². The van der Waals surface area contributed by atoms with Crippen LogP contribution in [0.4, 0.5) is 5.69 Å². The number of carbonyl (C=O) groups excluding carboxylic acids is 1. The monoisotopic (exact) mass is 556 g/mol. The van der Waals surface area contributed by atoms with Gasteiger partial charge in [-0.25, -0.2) is 0 Å². The zero-order chi connectivity index (χ0) is 25.7. The van der Waals surface area contributed by atoms with Crippen LogP contribution < -0.4 is 10.2 Å². The van der Waals surface area contributed by atoms with Crippen molar-refractivity contribution < 1.29 is 18.1 Å². The van der Waals surface area contributed by atoms with Crippen molar-refractivity contribution >= 4 is 52.0 Å². The second-order valence-corrected chi connectivity index (χ2v) is 11.6. The van der Waals surface area contributed by atoms with Gasteiger partial charge >= 0.3 is 0 Å². The number of anilines is 1. The van der Waals surface area contributed by atoms with Gasteiger partial charge in [0, 0.05) is 41.4 Å². The Labute approximate surface area is 227 Å². The van der Waals surface area contributed by atoms with E-state index in [1.807, 2.05) is 30.3 Å². The number of allylic oxidation sites excluding steroid dienone is 1. The minimum Gasteiger partial charge on any atom is -0.771 e. The summed E-state index contributed by atoms with van der Waals surface area (Å²) in [6.45, 7) is 1.89. The molecule has 3 fully saturated rings. The van der Waals surface area contributed by atoms with E-state index in [2.05, 4.69) is 27.5 Å². The number of rotatable bonds is 8. The van der Waals surface area contributed by atoms with Crippen molar-refractivity contribution in [3.05, 3.63) is 75.5 Å². The first-order valence-electron chi connectivity index (χ1n) is 12.2. The number of piperidine rings is 1. The Morgan fingerprint density at radius 3 is 2.43 bits per heavy atom. The van der Waals surface area contributed by atoms with Crippen LogP contribution in [-0.4, -0.2) is 38.8 Å². The first-order chi connectivity index (χ1) is 17.9. The molecule has 0 radical (unpaired) electrons. The minimum atomic E-state index is -2.31. The molecule has 2 aromatic carbocycles. The maximum Gasteiger partial charge on any atom is 0.251 e. The summed E-state index contributed by atoms with van der Waals surface area (Å²) in [6.07, 6.45) is 6.64. The molecular formula is C27H24Cl2N3O4S-. The fourth-order valence-corrected chi connectivity index (χ4v) is 6.17. The average Bonchev–Trinajstić information content (AvgIpc) is 3.75. The summed E-state index contributed by atoms with van der Waals surface area (Å²) in [6, 6.07) is 12.7. The van der Waals surface area contributed by atoms with Crippen LogP contribution in [0.1, 0.15) is 40.4 Å². The Morgan fingerprint density at radius 2 is 1.81 bits per heavy atom. The first kappa shape index (κ1) is 24.7. The molecule has 1 aromatic heterocycles. The number of fused-ring (bicyclic) bond motifs is 1. The van der Waals surface area contributed by atoms with Crippen LogP contribution in [0.2, 0.25) is 10.0 Å². The van der Waals surface area contributed by atoms with E-state index in [1.54, 1.807) is 12.1 Å². The number of nitrogens with one attached hydrogen (secondary N) is 1. The lowest BCUT2D eigenvalue weighted by Gasteiger charge is -2.21. The van der Waals surface area contributed by atoms with Gasteiger partial charge in [-0.05, 0) is 78.1 Å². The van der Waals surface area contributed by atoms with Gasteiger partial charge in [-0.15, -0.1) is 0 Å². The fraction of sp³-hybridized carbons (Fsp3) is 0.333. The maximum atomic E-state index is 12.0. The second kappa shape index (κ2) is 9.91. The Kier molecular flexibility index (Phi) is 6.61. The van der Waals surface area contributed by atoms with Crippen LogP contribution in [0.15, 0.2) is 53.1 Å². The number of nitrogens with zero attached hydrogens (tertiary/aromatic N) is 2. The predicted octanol–water partition coefficient (Wildman–Crippen LogP) is 5.49. The Hall–Kier alpha value is -2.65. The normalized spacial score (nSPS) is 23.3. The number of carbonyl (C=O) groups is 1. The summed E-state index contributed by atoms with van der Waals surface area (Å²) >= 11 is 10.6. The molecule has 1 saturated heterocycles. The molecule has 2 aliphatic carbocycles. The summed E-state index contributed by atoms with van der Waals surface area (Å²) in [5.74, 6) is 2.16. The molecule has 10 heteroatoms. The van der Waals surface area contributed by atoms with Gasteiger partial charge in [0.05, 0.1) is 15.9 Å². The summed E-state index contributed by atoms with van der Waals surface area (Å²) < 4.78 is 27.1. The number of hydrogen-bond acceptors (Lipinski definition) is 6. The SMILES string of the molecule is O=C(NCS(=O)[O-])c1ccc(N2CC3C(/C=C/c4c(-c5c(Cl)cccc5Cl)noc4C4CC4)C3C2)cc1. The summed E-state index contributed by atoms with van der Waals surface area (Å²) in [7, 11) is 0. The molecule has 3 aliphatic rings. The van der Waals surface area contributed by atoms with Crippen molar-refractivity contribution in [1.29, 1.82) is 0 Å². The number of aromatic nitrogens is 1. The van der Waals surface area contributed by atoms with Gasteiger partial charge in [0.15, 0.2) is 0 Å². The lowest BCUT2D eigenvalue weighted by molar-refractivity contribution is 0.0959. The van der Waals surface area contributed by atoms with Gasteiger partial charge in [0.1, 0.15) is 11.5 Å². The minimum absolute atomic E-state index is 0.394. The number of halogens is 2. The molecule has 2 heterocycles. The van der Waals surface area contributed by atoms with E-state index in [-0.39, 0.29) is 0 Å². The summed E-state index contributed by atoms with van der Waals surface area (Å²) in [5, 5.41) is 7.85. The summed E-state index contributed by atoms with van der Waals surface area (Å²) in [5.41, 5.74) is 3.89. The van der Waals surface area contributed by atoms with Gasteiger partial charge in [-0.2, -0.15) is 0 Å². The highest BCUT2D eigenvalue weighted by Crippen LogP contribution is 2.54. The van der Waals surface area contributed by atoms with Crippen LogP contribution >= 0.6 is 23.2 Å². The molecule has 0 bridgehead atoms. The fourth-order valence-electron chi connectivity index (χ4n) is 5.34. The van der Waals surface area contributed by atoms with E-state index in [4.69, 9.17) is 27.7 Å². The molecule has 7 nitrogen and oxygen atoms in total. The van der Waals surface area contributed by atoms with Crippen molar-refractivity contribution in [1.82, 2.24) is 10.5 Å². The Bertz CT molecular complexity index is 1370. The van der Waals surface area contributed by atoms with E-state index in [0.29, 0.717) is 50.5 Å². The van der Waals surface area contributed by atoms with Crippen LogP contribution in [0.5, 0.6) is 0 Å². The zero-order valence-electron chi connectivity index (χ0n) is 19.7. The molecule has 37 heavy (non-hydrogen) atoms. The highest BCUT2D eigenvalue weighted by atomic mass is 35.5. The van der Waals surface area contributed by atoms with E-state index >= 15 is 0 Å². The molecular weight excluding hydrogens is 533 g/mol. The van der Waals surface area contributed by atoms with Gasteiger partial charge in [0.25, 0.3) is 5.91 Å². The number of benzene rings is 2. The van der Waals surface area contributed by atoms with Gasteiger partial charge in [-0.3, -0.25) is 9.00 Å². The van der Waals surface area contributed by atoms with E-state index in [9.17, 15) is 13.6 Å². The van der Waals surface area contributed by atoms with E-state index in [1.165, 1.54) is 0 Å².